The van der Waals surface area contributed by atoms with Crippen LogP contribution in [0.4, 0.5) is 0 Å². The second-order valence-corrected chi connectivity index (χ2v) is 2.88. The maximum atomic E-state index is 5.11. The van der Waals surface area contributed by atoms with Gasteiger partial charge >= 0.3 is 0 Å². The smallest absolute Gasteiger partial charge is 0.0770 e. The van der Waals surface area contributed by atoms with E-state index in [-0.39, 0.29) is 0 Å². The fourth-order valence-corrected chi connectivity index (χ4v) is 1.06. The second kappa shape index (κ2) is 2.67. The summed E-state index contributed by atoms with van der Waals surface area (Å²) >= 11 is 2.29. The van der Waals surface area contributed by atoms with Crippen LogP contribution in [0.15, 0.2) is 9.66 Å². The van der Waals surface area contributed by atoms with Gasteiger partial charge in [-0.2, -0.15) is 0 Å². The normalized spacial score (nSPS) is 21.6. The van der Waals surface area contributed by atoms with Crippen LogP contribution in [-0.2, 0) is 4.74 Å². The van der Waals surface area contributed by atoms with Crippen molar-refractivity contribution in [1.29, 1.82) is 0 Å². The highest BCUT2D eigenvalue weighted by atomic mass is 127. The van der Waals surface area contributed by atoms with Gasteiger partial charge in [0.05, 0.1) is 13.2 Å². The first-order valence-electron chi connectivity index (χ1n) is 2.32. The molecule has 2 heteroatoms. The van der Waals surface area contributed by atoms with Crippen molar-refractivity contribution >= 4 is 22.6 Å². The molecule has 7 heavy (non-hydrogen) atoms. The Morgan fingerprint density at radius 1 is 1.71 bits per heavy atom. The van der Waals surface area contributed by atoms with Crippen molar-refractivity contribution in [3.05, 3.63) is 9.66 Å². The zero-order chi connectivity index (χ0) is 5.11. The molecule has 0 amide bonds. The molecule has 0 radical (unpaired) electrons. The third-order valence-electron chi connectivity index (χ3n) is 0.868. The number of hydrogen-bond acceptors (Lipinski definition) is 1. The van der Waals surface area contributed by atoms with Gasteiger partial charge in [0.15, 0.2) is 0 Å². The molecule has 0 bridgehead atoms. The van der Waals surface area contributed by atoms with Gasteiger partial charge in [0.25, 0.3) is 0 Å². The largest absolute Gasteiger partial charge is 0.376 e. The molecule has 1 aliphatic rings. The van der Waals surface area contributed by atoms with Crippen LogP contribution in [0.3, 0.4) is 0 Å². The summed E-state index contributed by atoms with van der Waals surface area (Å²) in [5.74, 6) is 0. The molecule has 1 rings (SSSR count). The van der Waals surface area contributed by atoms with Crippen molar-refractivity contribution in [2.75, 3.05) is 13.2 Å². The first-order valence-corrected chi connectivity index (χ1v) is 3.40. The van der Waals surface area contributed by atoms with Gasteiger partial charge in [0.2, 0.25) is 0 Å². The Morgan fingerprint density at radius 3 is 2.86 bits per heavy atom. The van der Waals surface area contributed by atoms with Gasteiger partial charge in [0, 0.05) is 3.58 Å². The molecule has 0 aromatic carbocycles. The molecule has 0 N–H and O–H groups in total. The summed E-state index contributed by atoms with van der Waals surface area (Å²) in [6.07, 6.45) is 3.31. The first-order chi connectivity index (χ1) is 3.39. The molecule has 0 saturated carbocycles. The van der Waals surface area contributed by atoms with Crippen LogP contribution in [0.2, 0.25) is 0 Å². The van der Waals surface area contributed by atoms with Gasteiger partial charge < -0.3 is 4.74 Å². The average molecular weight is 210 g/mol. The Hall–Kier alpha value is 0.430. The molecule has 0 aliphatic carbocycles. The predicted octanol–water partition coefficient (Wildman–Crippen LogP) is 1.73. The van der Waals surface area contributed by atoms with Crippen LogP contribution in [-0.4, -0.2) is 13.2 Å². The average Bonchev–Trinajstić information content (AvgIpc) is 1.69. The Bertz CT molecular complexity index is 88.1. The summed E-state index contributed by atoms with van der Waals surface area (Å²) in [4.78, 5) is 0. The summed E-state index contributed by atoms with van der Waals surface area (Å²) in [7, 11) is 0. The van der Waals surface area contributed by atoms with Crippen molar-refractivity contribution in [2.24, 2.45) is 0 Å². The molecule has 0 atom stereocenters. The topological polar surface area (TPSA) is 9.23 Å². The fraction of sp³-hybridized carbons (Fsp3) is 0.600. The maximum Gasteiger partial charge on any atom is 0.0770 e. The molecule has 0 spiro atoms. The number of hydrogen-bond donors (Lipinski definition) is 0. The molecular formula is C5H7IO. The lowest BCUT2D eigenvalue weighted by Gasteiger charge is -2.06. The zero-order valence-electron chi connectivity index (χ0n) is 3.98. The van der Waals surface area contributed by atoms with Crippen LogP contribution in [0.1, 0.15) is 6.42 Å². The minimum Gasteiger partial charge on any atom is -0.376 e. The highest BCUT2D eigenvalue weighted by Crippen LogP contribution is 2.11. The molecule has 0 saturated heterocycles. The molecular weight excluding hydrogens is 203 g/mol. The van der Waals surface area contributed by atoms with Crippen LogP contribution in [0, 0.1) is 0 Å². The minimum absolute atomic E-state index is 0.834. The Balaban J connectivity index is 2.40. The lowest BCUT2D eigenvalue weighted by molar-refractivity contribution is 0.157. The molecule has 0 aromatic heterocycles. The standard InChI is InChI=1S/C5H7IO/c6-5-2-1-3-7-4-5/h2H,1,3-4H2. The summed E-state index contributed by atoms with van der Waals surface area (Å²) in [6.45, 7) is 1.74. The van der Waals surface area contributed by atoms with Crippen LogP contribution in [0.25, 0.3) is 0 Å². The number of ether oxygens (including phenoxy) is 1. The zero-order valence-corrected chi connectivity index (χ0v) is 6.14. The van der Waals surface area contributed by atoms with E-state index in [1.165, 1.54) is 3.58 Å². The van der Waals surface area contributed by atoms with Crippen LogP contribution < -0.4 is 0 Å². The fourth-order valence-electron chi connectivity index (χ4n) is 0.527. The van der Waals surface area contributed by atoms with E-state index in [4.69, 9.17) is 4.74 Å². The lowest BCUT2D eigenvalue weighted by atomic mass is 10.3. The van der Waals surface area contributed by atoms with Crippen molar-refractivity contribution in [3.8, 4) is 0 Å². The van der Waals surface area contributed by atoms with Crippen molar-refractivity contribution in [1.82, 2.24) is 0 Å². The molecule has 40 valence electrons. The monoisotopic (exact) mass is 210 g/mol. The third-order valence-corrected chi connectivity index (χ3v) is 1.62. The van der Waals surface area contributed by atoms with Gasteiger partial charge in [-0.3, -0.25) is 0 Å². The van der Waals surface area contributed by atoms with E-state index < -0.39 is 0 Å². The molecule has 1 aliphatic heterocycles. The number of halogens is 1. The molecule has 0 aromatic rings. The number of rotatable bonds is 0. The van der Waals surface area contributed by atoms with Gasteiger partial charge in [0.1, 0.15) is 0 Å². The summed E-state index contributed by atoms with van der Waals surface area (Å²) in [5, 5.41) is 0. The van der Waals surface area contributed by atoms with E-state index in [1.807, 2.05) is 0 Å². The van der Waals surface area contributed by atoms with Gasteiger partial charge in [-0.25, -0.2) is 0 Å². The third kappa shape index (κ3) is 1.78. The highest BCUT2D eigenvalue weighted by Gasteiger charge is 1.96. The first kappa shape index (κ1) is 5.56. The molecule has 1 nitrogen and oxygen atoms in total. The van der Waals surface area contributed by atoms with Gasteiger partial charge in [-0.1, -0.05) is 6.08 Å². The van der Waals surface area contributed by atoms with Gasteiger partial charge in [-0.15, -0.1) is 0 Å². The minimum atomic E-state index is 0.834. The van der Waals surface area contributed by atoms with Crippen molar-refractivity contribution < 1.29 is 4.74 Å². The van der Waals surface area contributed by atoms with Gasteiger partial charge in [-0.05, 0) is 29.0 Å². The predicted molar refractivity (Wildman–Crippen MR) is 37.5 cm³/mol. The molecule has 0 fully saturated rings. The van der Waals surface area contributed by atoms with Crippen LogP contribution >= 0.6 is 22.6 Å². The SMILES string of the molecule is IC1=CCCOC1. The van der Waals surface area contributed by atoms with E-state index in [2.05, 4.69) is 28.7 Å². The van der Waals surface area contributed by atoms with Crippen LogP contribution in [0.5, 0.6) is 0 Å². The van der Waals surface area contributed by atoms with E-state index in [9.17, 15) is 0 Å². The van der Waals surface area contributed by atoms with Crippen molar-refractivity contribution in [2.45, 2.75) is 6.42 Å². The Labute approximate surface area is 56.9 Å². The highest BCUT2D eigenvalue weighted by molar-refractivity contribution is 14.1. The van der Waals surface area contributed by atoms with E-state index in [0.29, 0.717) is 0 Å². The van der Waals surface area contributed by atoms with E-state index in [0.717, 1.165) is 19.6 Å². The lowest BCUT2D eigenvalue weighted by Crippen LogP contribution is -2.00. The summed E-state index contributed by atoms with van der Waals surface area (Å²) < 4.78 is 6.44. The van der Waals surface area contributed by atoms with Crippen molar-refractivity contribution in [3.63, 3.8) is 0 Å². The van der Waals surface area contributed by atoms with E-state index >= 15 is 0 Å². The summed E-state index contributed by atoms with van der Waals surface area (Å²) in [6, 6.07) is 0. The summed E-state index contributed by atoms with van der Waals surface area (Å²) in [5.41, 5.74) is 0. The second-order valence-electron chi connectivity index (χ2n) is 1.49. The maximum absolute atomic E-state index is 5.11. The quantitative estimate of drug-likeness (QED) is 0.553. The molecule has 1 heterocycles. The Morgan fingerprint density at radius 2 is 2.57 bits per heavy atom. The molecule has 0 unspecified atom stereocenters. The Kier molecular flexibility index (Phi) is 2.12. The van der Waals surface area contributed by atoms with E-state index in [1.54, 1.807) is 0 Å².